The fraction of sp³-hybridized carbons (Fsp3) is 0.300. The van der Waals surface area contributed by atoms with Crippen LogP contribution in [0.25, 0.3) is 0 Å². The van der Waals surface area contributed by atoms with E-state index in [0.29, 0.717) is 23.9 Å². The molecular weight excluding hydrogens is 365 g/mol. The van der Waals surface area contributed by atoms with Crippen LogP contribution in [-0.4, -0.2) is 21.9 Å². The van der Waals surface area contributed by atoms with Gasteiger partial charge in [-0.15, -0.1) is 10.2 Å². The maximum absolute atomic E-state index is 13.0. The Hall–Kier alpha value is -2.54. The zero-order valence-electron chi connectivity index (χ0n) is 15.6. The van der Waals surface area contributed by atoms with Crippen molar-refractivity contribution in [1.29, 1.82) is 0 Å². The minimum atomic E-state index is -0.230. The Morgan fingerprint density at radius 3 is 2.56 bits per heavy atom. The summed E-state index contributed by atoms with van der Waals surface area (Å²) in [4.78, 5) is 0. The average Bonchev–Trinajstić information content (AvgIpc) is 3.08. The van der Waals surface area contributed by atoms with E-state index in [-0.39, 0.29) is 5.82 Å². The first-order valence-electron chi connectivity index (χ1n) is 8.67. The number of ether oxygens (including phenoxy) is 2. The van der Waals surface area contributed by atoms with Crippen LogP contribution in [-0.2, 0) is 18.9 Å². The summed E-state index contributed by atoms with van der Waals surface area (Å²) in [6, 6.07) is 12.3. The van der Waals surface area contributed by atoms with Gasteiger partial charge in [0.1, 0.15) is 12.4 Å². The first-order valence-corrected chi connectivity index (χ1v) is 9.66. The van der Waals surface area contributed by atoms with E-state index in [0.717, 1.165) is 28.7 Å². The van der Waals surface area contributed by atoms with Gasteiger partial charge in [-0.05, 0) is 49.2 Å². The lowest BCUT2D eigenvalue weighted by molar-refractivity contribution is 0.270. The van der Waals surface area contributed by atoms with Crippen LogP contribution in [0.3, 0.4) is 0 Å². The standard InChI is InChI=1S/C20H22FN3O2S/c1-4-24-19(12-26-17-10-5-14(2)11-18(17)25-3)22-23-20(24)27-13-15-6-8-16(21)9-7-15/h5-11H,4,12-13H2,1-3H3. The number of rotatable bonds is 8. The predicted molar refractivity (Wildman–Crippen MR) is 104 cm³/mol. The first kappa shape index (κ1) is 19.2. The van der Waals surface area contributed by atoms with Crippen LogP contribution in [0, 0.1) is 12.7 Å². The molecule has 0 amide bonds. The summed E-state index contributed by atoms with van der Waals surface area (Å²) in [6.07, 6.45) is 0. The number of methoxy groups -OCH3 is 1. The minimum absolute atomic E-state index is 0.230. The molecule has 142 valence electrons. The van der Waals surface area contributed by atoms with Crippen LogP contribution in [0.2, 0.25) is 0 Å². The van der Waals surface area contributed by atoms with E-state index < -0.39 is 0 Å². The largest absolute Gasteiger partial charge is 0.493 e. The Bertz CT molecular complexity index is 897. The van der Waals surface area contributed by atoms with Gasteiger partial charge in [0.15, 0.2) is 22.5 Å². The zero-order chi connectivity index (χ0) is 19.2. The van der Waals surface area contributed by atoms with Crippen LogP contribution in [0.15, 0.2) is 47.6 Å². The summed E-state index contributed by atoms with van der Waals surface area (Å²) in [5.41, 5.74) is 2.14. The fourth-order valence-corrected chi connectivity index (χ4v) is 3.59. The zero-order valence-corrected chi connectivity index (χ0v) is 16.4. The molecule has 0 spiro atoms. The normalized spacial score (nSPS) is 10.8. The van der Waals surface area contributed by atoms with Gasteiger partial charge in [-0.1, -0.05) is 30.0 Å². The van der Waals surface area contributed by atoms with E-state index in [9.17, 15) is 4.39 Å². The van der Waals surface area contributed by atoms with Crippen molar-refractivity contribution < 1.29 is 13.9 Å². The van der Waals surface area contributed by atoms with Gasteiger partial charge in [0.2, 0.25) is 0 Å². The maximum Gasteiger partial charge on any atom is 0.191 e. The third kappa shape index (κ3) is 4.80. The highest BCUT2D eigenvalue weighted by atomic mass is 32.2. The van der Waals surface area contributed by atoms with Crippen LogP contribution in [0.1, 0.15) is 23.9 Å². The molecule has 3 aromatic rings. The second-order valence-electron chi connectivity index (χ2n) is 6.00. The Labute approximate surface area is 162 Å². The van der Waals surface area contributed by atoms with Gasteiger partial charge in [-0.3, -0.25) is 0 Å². The highest BCUT2D eigenvalue weighted by Gasteiger charge is 2.13. The molecule has 7 heteroatoms. The number of thioether (sulfide) groups is 1. The summed E-state index contributed by atoms with van der Waals surface area (Å²) in [7, 11) is 1.63. The number of aromatic nitrogens is 3. The van der Waals surface area contributed by atoms with Crippen LogP contribution in [0.4, 0.5) is 4.39 Å². The SMILES string of the molecule is CCn1c(COc2ccc(C)cc2OC)nnc1SCc1ccc(F)cc1. The second kappa shape index (κ2) is 8.90. The smallest absolute Gasteiger partial charge is 0.191 e. The lowest BCUT2D eigenvalue weighted by atomic mass is 10.2. The molecule has 0 bridgehead atoms. The quantitative estimate of drug-likeness (QED) is 0.528. The molecule has 1 heterocycles. The van der Waals surface area contributed by atoms with Crippen molar-refractivity contribution in [2.45, 2.75) is 37.9 Å². The molecule has 1 aromatic heterocycles. The van der Waals surface area contributed by atoms with E-state index in [1.807, 2.05) is 36.6 Å². The summed E-state index contributed by atoms with van der Waals surface area (Å²) in [6.45, 7) is 5.09. The number of halogens is 1. The molecule has 0 aliphatic heterocycles. The summed E-state index contributed by atoms with van der Waals surface area (Å²) in [5, 5.41) is 9.36. The van der Waals surface area contributed by atoms with Crippen LogP contribution >= 0.6 is 11.8 Å². The Kier molecular flexibility index (Phi) is 6.34. The minimum Gasteiger partial charge on any atom is -0.493 e. The molecule has 27 heavy (non-hydrogen) atoms. The molecule has 0 aliphatic carbocycles. The van der Waals surface area contributed by atoms with Crippen molar-refractivity contribution in [2.24, 2.45) is 0 Å². The molecular formula is C20H22FN3O2S. The molecule has 5 nitrogen and oxygen atoms in total. The van der Waals surface area contributed by atoms with E-state index in [4.69, 9.17) is 9.47 Å². The number of hydrogen-bond acceptors (Lipinski definition) is 5. The molecule has 0 radical (unpaired) electrons. The first-order chi connectivity index (χ1) is 13.1. The van der Waals surface area contributed by atoms with Crippen molar-refractivity contribution in [1.82, 2.24) is 14.8 Å². The number of hydrogen-bond donors (Lipinski definition) is 0. The van der Waals surface area contributed by atoms with E-state index in [1.165, 1.54) is 12.1 Å². The van der Waals surface area contributed by atoms with Gasteiger partial charge in [-0.25, -0.2) is 4.39 Å². The molecule has 0 saturated carbocycles. The molecule has 3 rings (SSSR count). The molecule has 0 atom stereocenters. The van der Waals surface area contributed by atoms with Crippen molar-refractivity contribution in [3.8, 4) is 11.5 Å². The average molecular weight is 387 g/mol. The predicted octanol–water partition coefficient (Wildman–Crippen LogP) is 4.63. The maximum atomic E-state index is 13.0. The van der Waals surface area contributed by atoms with Gasteiger partial charge in [-0.2, -0.15) is 0 Å². The summed E-state index contributed by atoms with van der Waals surface area (Å²) < 4.78 is 26.3. The molecule has 2 aromatic carbocycles. The van der Waals surface area contributed by atoms with E-state index in [1.54, 1.807) is 31.0 Å². The molecule has 0 saturated heterocycles. The molecule has 0 aliphatic rings. The molecule has 0 unspecified atom stereocenters. The van der Waals surface area contributed by atoms with Crippen LogP contribution < -0.4 is 9.47 Å². The third-order valence-corrected chi connectivity index (χ3v) is 5.10. The topological polar surface area (TPSA) is 49.2 Å². The van der Waals surface area contributed by atoms with Gasteiger partial charge in [0.05, 0.1) is 7.11 Å². The second-order valence-corrected chi connectivity index (χ2v) is 6.94. The highest BCUT2D eigenvalue weighted by Crippen LogP contribution is 2.29. The number of nitrogens with zero attached hydrogens (tertiary/aromatic N) is 3. The molecule has 0 N–H and O–H groups in total. The van der Waals surface area contributed by atoms with E-state index in [2.05, 4.69) is 10.2 Å². The summed E-state index contributed by atoms with van der Waals surface area (Å²) >= 11 is 1.57. The Morgan fingerprint density at radius 2 is 1.85 bits per heavy atom. The van der Waals surface area contributed by atoms with Crippen molar-refractivity contribution in [3.05, 3.63) is 65.2 Å². The lowest BCUT2D eigenvalue weighted by Crippen LogP contribution is -2.07. The Morgan fingerprint density at radius 1 is 1.07 bits per heavy atom. The third-order valence-electron chi connectivity index (χ3n) is 4.07. The van der Waals surface area contributed by atoms with Crippen molar-refractivity contribution in [2.75, 3.05) is 7.11 Å². The lowest BCUT2D eigenvalue weighted by Gasteiger charge is -2.12. The van der Waals surface area contributed by atoms with Crippen molar-refractivity contribution >= 4 is 11.8 Å². The molecule has 0 fully saturated rings. The van der Waals surface area contributed by atoms with Crippen LogP contribution in [0.5, 0.6) is 11.5 Å². The Balaban J connectivity index is 1.67. The number of aryl methyl sites for hydroxylation is 1. The van der Waals surface area contributed by atoms with Gasteiger partial charge < -0.3 is 14.0 Å². The fourth-order valence-electron chi connectivity index (χ4n) is 2.62. The van der Waals surface area contributed by atoms with Gasteiger partial charge in [0.25, 0.3) is 0 Å². The van der Waals surface area contributed by atoms with E-state index >= 15 is 0 Å². The highest BCUT2D eigenvalue weighted by molar-refractivity contribution is 7.98. The van der Waals surface area contributed by atoms with Crippen molar-refractivity contribution in [3.63, 3.8) is 0 Å². The summed E-state index contributed by atoms with van der Waals surface area (Å²) in [5.74, 6) is 2.59. The number of benzene rings is 2. The monoisotopic (exact) mass is 387 g/mol. The van der Waals surface area contributed by atoms with Gasteiger partial charge in [0, 0.05) is 12.3 Å². The van der Waals surface area contributed by atoms with Gasteiger partial charge >= 0.3 is 0 Å².